The van der Waals surface area contributed by atoms with Crippen LogP contribution < -0.4 is 5.32 Å². The van der Waals surface area contributed by atoms with Crippen molar-refractivity contribution in [3.63, 3.8) is 0 Å². The van der Waals surface area contributed by atoms with Crippen molar-refractivity contribution < 1.29 is 0 Å². The number of hydrogen-bond donors (Lipinski definition) is 1. The van der Waals surface area contributed by atoms with Crippen LogP contribution >= 0.6 is 12.2 Å². The van der Waals surface area contributed by atoms with Gasteiger partial charge in [0.05, 0.1) is 17.8 Å². The van der Waals surface area contributed by atoms with Gasteiger partial charge in [-0.05, 0) is 76.8 Å². The Labute approximate surface area is 186 Å². The summed E-state index contributed by atoms with van der Waals surface area (Å²) < 4.78 is 2.61. The van der Waals surface area contributed by atoms with Crippen LogP contribution in [0.25, 0.3) is 0 Å². The first-order valence-electron chi connectivity index (χ1n) is 11.3. The van der Waals surface area contributed by atoms with E-state index >= 15 is 0 Å². The van der Waals surface area contributed by atoms with Gasteiger partial charge in [-0.1, -0.05) is 25.3 Å². The minimum Gasteiger partial charge on any atom is -0.352 e. The Balaban J connectivity index is 1.74. The number of hydrogen-bond acceptors (Lipinski definition) is 3. The van der Waals surface area contributed by atoms with Gasteiger partial charge in [-0.15, -0.1) is 0 Å². The monoisotopic (exact) mass is 425 g/mol. The standard InChI is InChI=1S/C24H35N5S/c1-17-16-20(18(2)29(17)19-10-6-5-7-11-19)23-22(21-12-8-9-13-25-21)26-24(30)28(23)15-14-27(3)4/h8-9,12-13,16,19,22-23H,5-7,10-11,14-15H2,1-4H3,(H,26,30)/t22-,23-/m0/s1. The van der Waals surface area contributed by atoms with E-state index in [0.717, 1.165) is 23.9 Å². The molecule has 1 saturated heterocycles. The number of nitrogens with zero attached hydrogens (tertiary/aromatic N) is 4. The fourth-order valence-electron chi connectivity index (χ4n) is 5.30. The fourth-order valence-corrected chi connectivity index (χ4v) is 5.63. The molecule has 2 aromatic heterocycles. The molecule has 3 heterocycles. The van der Waals surface area contributed by atoms with Gasteiger partial charge in [-0.25, -0.2) is 0 Å². The van der Waals surface area contributed by atoms with Gasteiger partial charge in [0.2, 0.25) is 0 Å². The van der Waals surface area contributed by atoms with E-state index in [9.17, 15) is 0 Å². The lowest BCUT2D eigenvalue weighted by Crippen LogP contribution is -2.35. The van der Waals surface area contributed by atoms with E-state index in [4.69, 9.17) is 12.2 Å². The average molecular weight is 426 g/mol. The molecule has 2 aromatic rings. The van der Waals surface area contributed by atoms with Crippen LogP contribution in [0, 0.1) is 13.8 Å². The molecule has 2 fully saturated rings. The highest BCUT2D eigenvalue weighted by atomic mass is 32.1. The predicted molar refractivity (Wildman–Crippen MR) is 127 cm³/mol. The van der Waals surface area contributed by atoms with Crippen molar-refractivity contribution in [2.45, 2.75) is 64.1 Å². The quantitative estimate of drug-likeness (QED) is 0.688. The van der Waals surface area contributed by atoms with Crippen molar-refractivity contribution >= 4 is 17.3 Å². The van der Waals surface area contributed by atoms with Crippen LogP contribution in [0.2, 0.25) is 0 Å². The first kappa shape index (κ1) is 21.3. The lowest BCUT2D eigenvalue weighted by Gasteiger charge is -2.30. The summed E-state index contributed by atoms with van der Waals surface area (Å²) >= 11 is 5.82. The van der Waals surface area contributed by atoms with Crippen molar-refractivity contribution in [2.75, 3.05) is 27.2 Å². The summed E-state index contributed by atoms with van der Waals surface area (Å²) in [7, 11) is 4.24. The minimum atomic E-state index is 0.0705. The van der Waals surface area contributed by atoms with Crippen LogP contribution in [0.5, 0.6) is 0 Å². The molecule has 4 rings (SSSR count). The van der Waals surface area contributed by atoms with Gasteiger partial charge in [0.25, 0.3) is 0 Å². The maximum absolute atomic E-state index is 5.82. The first-order chi connectivity index (χ1) is 14.5. The molecule has 0 bridgehead atoms. The van der Waals surface area contributed by atoms with E-state index in [1.54, 1.807) is 0 Å². The molecule has 0 aromatic carbocycles. The van der Waals surface area contributed by atoms with Crippen molar-refractivity contribution in [1.82, 2.24) is 24.7 Å². The third-order valence-electron chi connectivity index (χ3n) is 6.77. The maximum Gasteiger partial charge on any atom is 0.170 e. The van der Waals surface area contributed by atoms with Gasteiger partial charge in [-0.2, -0.15) is 0 Å². The van der Waals surface area contributed by atoms with Crippen LogP contribution in [-0.2, 0) is 0 Å². The number of likely N-dealkylation sites (N-methyl/N-ethyl adjacent to an activating group) is 1. The molecule has 1 aliphatic heterocycles. The van der Waals surface area contributed by atoms with E-state index in [2.05, 4.69) is 70.8 Å². The van der Waals surface area contributed by atoms with Crippen LogP contribution in [-0.4, -0.2) is 51.6 Å². The summed E-state index contributed by atoms with van der Waals surface area (Å²) in [5.41, 5.74) is 5.21. The Hall–Kier alpha value is -1.92. The van der Waals surface area contributed by atoms with E-state index in [1.165, 1.54) is 49.1 Å². The van der Waals surface area contributed by atoms with E-state index in [1.807, 2.05) is 12.3 Å². The largest absolute Gasteiger partial charge is 0.352 e. The van der Waals surface area contributed by atoms with Gasteiger partial charge < -0.3 is 19.7 Å². The van der Waals surface area contributed by atoms with Gasteiger partial charge >= 0.3 is 0 Å². The topological polar surface area (TPSA) is 36.3 Å². The lowest BCUT2D eigenvalue weighted by molar-refractivity contribution is 0.276. The van der Waals surface area contributed by atoms with Gasteiger partial charge in [-0.3, -0.25) is 4.98 Å². The van der Waals surface area contributed by atoms with Crippen LogP contribution in [0.4, 0.5) is 0 Å². The van der Waals surface area contributed by atoms with Gasteiger partial charge in [0.15, 0.2) is 5.11 Å². The number of pyridine rings is 1. The second-order valence-electron chi connectivity index (χ2n) is 9.11. The molecule has 2 aliphatic rings. The molecule has 0 unspecified atom stereocenters. The average Bonchev–Trinajstić information content (AvgIpc) is 3.22. The second kappa shape index (κ2) is 9.06. The molecule has 0 radical (unpaired) electrons. The number of aryl methyl sites for hydroxylation is 1. The molecule has 6 heteroatoms. The summed E-state index contributed by atoms with van der Waals surface area (Å²) in [5.74, 6) is 0. The third-order valence-corrected chi connectivity index (χ3v) is 7.12. The first-order valence-corrected chi connectivity index (χ1v) is 11.7. The van der Waals surface area contributed by atoms with Crippen LogP contribution in [0.1, 0.15) is 72.9 Å². The molecule has 2 atom stereocenters. The van der Waals surface area contributed by atoms with Crippen molar-refractivity contribution in [2.24, 2.45) is 0 Å². The zero-order valence-electron chi connectivity index (χ0n) is 18.8. The highest BCUT2D eigenvalue weighted by molar-refractivity contribution is 7.80. The van der Waals surface area contributed by atoms with Gasteiger partial charge in [0, 0.05) is 36.7 Å². The van der Waals surface area contributed by atoms with Crippen molar-refractivity contribution in [3.8, 4) is 0 Å². The number of nitrogens with one attached hydrogen (secondary N) is 1. The van der Waals surface area contributed by atoms with Gasteiger partial charge in [0.1, 0.15) is 0 Å². The Morgan fingerprint density at radius 2 is 1.93 bits per heavy atom. The minimum absolute atomic E-state index is 0.0705. The fraction of sp³-hybridized carbons (Fsp3) is 0.583. The summed E-state index contributed by atoms with van der Waals surface area (Å²) in [6, 6.07) is 9.43. The Kier molecular flexibility index (Phi) is 6.44. The van der Waals surface area contributed by atoms with E-state index in [-0.39, 0.29) is 12.1 Å². The Morgan fingerprint density at radius 1 is 1.17 bits per heavy atom. The zero-order chi connectivity index (χ0) is 21.3. The molecule has 5 nitrogen and oxygen atoms in total. The van der Waals surface area contributed by atoms with Crippen LogP contribution in [0.15, 0.2) is 30.5 Å². The molecular weight excluding hydrogens is 390 g/mol. The van der Waals surface area contributed by atoms with Crippen molar-refractivity contribution in [3.05, 3.63) is 53.1 Å². The number of aromatic nitrogens is 2. The smallest absolute Gasteiger partial charge is 0.170 e. The molecule has 0 amide bonds. The number of rotatable bonds is 6. The summed E-state index contributed by atoms with van der Waals surface area (Å²) in [5, 5.41) is 4.43. The molecular formula is C24H35N5S. The maximum atomic E-state index is 5.82. The molecule has 162 valence electrons. The SMILES string of the molecule is Cc1cc([C@H]2[C@H](c3ccccn3)NC(=S)N2CCN(C)C)c(C)n1C1CCCCC1. The molecule has 30 heavy (non-hydrogen) atoms. The van der Waals surface area contributed by atoms with Crippen molar-refractivity contribution in [1.29, 1.82) is 0 Å². The molecule has 1 N–H and O–H groups in total. The molecule has 0 spiro atoms. The predicted octanol–water partition coefficient (Wildman–Crippen LogP) is 4.54. The lowest BCUT2D eigenvalue weighted by atomic mass is 9.94. The molecule has 1 saturated carbocycles. The summed E-state index contributed by atoms with van der Waals surface area (Å²) in [6.07, 6.45) is 8.54. The normalized spacial score (nSPS) is 22.7. The third kappa shape index (κ3) is 4.12. The van der Waals surface area contributed by atoms with E-state index < -0.39 is 0 Å². The highest BCUT2D eigenvalue weighted by Crippen LogP contribution is 2.42. The highest BCUT2D eigenvalue weighted by Gasteiger charge is 2.41. The molecule has 1 aliphatic carbocycles. The number of thiocarbonyl (C=S) groups is 1. The Bertz CT molecular complexity index is 869. The zero-order valence-corrected chi connectivity index (χ0v) is 19.6. The Morgan fingerprint density at radius 3 is 2.60 bits per heavy atom. The second-order valence-corrected chi connectivity index (χ2v) is 9.50. The summed E-state index contributed by atoms with van der Waals surface area (Å²) in [4.78, 5) is 9.28. The van der Waals surface area contributed by atoms with Crippen LogP contribution in [0.3, 0.4) is 0 Å². The van der Waals surface area contributed by atoms with E-state index in [0.29, 0.717) is 6.04 Å². The summed E-state index contributed by atoms with van der Waals surface area (Å²) in [6.45, 7) is 6.44.